The highest BCUT2D eigenvalue weighted by Gasteiger charge is 2.15. The molecule has 2 rings (SSSR count). The zero-order valence-corrected chi connectivity index (χ0v) is 8.18. The number of furan rings is 1. The van der Waals surface area contributed by atoms with Crippen LogP contribution < -0.4 is 5.32 Å². The van der Waals surface area contributed by atoms with Crippen molar-refractivity contribution < 1.29 is 4.42 Å². The van der Waals surface area contributed by atoms with Gasteiger partial charge in [0.05, 0.1) is 6.04 Å². The van der Waals surface area contributed by atoms with Gasteiger partial charge in [-0.3, -0.25) is 0 Å². The zero-order valence-electron chi connectivity index (χ0n) is 8.18. The van der Waals surface area contributed by atoms with Gasteiger partial charge in [-0.2, -0.15) is 0 Å². The largest absolute Gasteiger partial charge is 0.465 e. The molecule has 1 N–H and O–H groups in total. The molecule has 0 saturated carbocycles. The van der Waals surface area contributed by atoms with Crippen LogP contribution in [0, 0.1) is 6.92 Å². The average Bonchev–Trinajstić information content (AvgIpc) is 2.43. The zero-order chi connectivity index (χ0) is 9.10. The first-order chi connectivity index (χ1) is 6.36. The molecule has 1 unspecified atom stereocenters. The summed E-state index contributed by atoms with van der Waals surface area (Å²) in [6.07, 6.45) is 5.18. The Hall–Kier alpha value is -0.760. The lowest BCUT2D eigenvalue weighted by molar-refractivity contribution is 0.397. The van der Waals surface area contributed by atoms with E-state index in [1.807, 2.05) is 13.0 Å². The Morgan fingerprint density at radius 2 is 2.23 bits per heavy atom. The molecule has 72 valence electrons. The summed E-state index contributed by atoms with van der Waals surface area (Å²) in [5.41, 5.74) is 0. The molecule has 0 radical (unpaired) electrons. The van der Waals surface area contributed by atoms with Crippen LogP contribution in [0.3, 0.4) is 0 Å². The molecular weight excluding hydrogens is 162 g/mol. The summed E-state index contributed by atoms with van der Waals surface area (Å²) in [7, 11) is 0. The Morgan fingerprint density at radius 3 is 3.00 bits per heavy atom. The van der Waals surface area contributed by atoms with E-state index in [1.165, 1.54) is 25.7 Å². The van der Waals surface area contributed by atoms with Gasteiger partial charge in [-0.25, -0.2) is 0 Å². The van der Waals surface area contributed by atoms with E-state index in [2.05, 4.69) is 11.4 Å². The second-order valence-corrected chi connectivity index (χ2v) is 3.80. The van der Waals surface area contributed by atoms with Crippen LogP contribution in [0.1, 0.15) is 43.2 Å². The van der Waals surface area contributed by atoms with Crippen LogP contribution >= 0.6 is 0 Å². The summed E-state index contributed by atoms with van der Waals surface area (Å²) in [6, 6.07) is 4.59. The van der Waals surface area contributed by atoms with Gasteiger partial charge in [0.2, 0.25) is 0 Å². The van der Waals surface area contributed by atoms with Crippen LogP contribution in [0.25, 0.3) is 0 Å². The van der Waals surface area contributed by atoms with Gasteiger partial charge in [-0.1, -0.05) is 12.8 Å². The SMILES string of the molecule is Cc1ccc(C2CCCCCN2)o1. The van der Waals surface area contributed by atoms with Crippen molar-refractivity contribution in [3.63, 3.8) is 0 Å². The lowest BCUT2D eigenvalue weighted by Crippen LogP contribution is -2.19. The fourth-order valence-corrected chi connectivity index (χ4v) is 1.91. The fourth-order valence-electron chi connectivity index (χ4n) is 1.91. The first kappa shape index (κ1) is 8.82. The molecular formula is C11H17NO. The molecule has 1 aliphatic rings. The first-order valence-corrected chi connectivity index (χ1v) is 5.16. The molecule has 13 heavy (non-hydrogen) atoms. The van der Waals surface area contributed by atoms with E-state index in [0.29, 0.717) is 6.04 Å². The van der Waals surface area contributed by atoms with E-state index in [-0.39, 0.29) is 0 Å². The van der Waals surface area contributed by atoms with Crippen LogP contribution in [0.2, 0.25) is 0 Å². The molecule has 1 aromatic heterocycles. The van der Waals surface area contributed by atoms with E-state index in [4.69, 9.17) is 4.42 Å². The molecule has 0 aliphatic carbocycles. The second kappa shape index (κ2) is 3.97. The highest BCUT2D eigenvalue weighted by atomic mass is 16.3. The Balaban J connectivity index is 2.06. The Bertz CT molecular complexity index is 259. The van der Waals surface area contributed by atoms with Gasteiger partial charge in [0, 0.05) is 0 Å². The predicted octanol–water partition coefficient (Wildman–Crippen LogP) is 2.79. The predicted molar refractivity (Wildman–Crippen MR) is 52.7 cm³/mol. The van der Waals surface area contributed by atoms with Crippen molar-refractivity contribution in [2.45, 2.75) is 38.6 Å². The molecule has 0 bridgehead atoms. The molecule has 0 aromatic carbocycles. The molecule has 1 aliphatic heterocycles. The van der Waals surface area contributed by atoms with Gasteiger partial charge in [-0.15, -0.1) is 0 Å². The summed E-state index contributed by atoms with van der Waals surface area (Å²) >= 11 is 0. The van der Waals surface area contributed by atoms with Crippen LogP contribution in [-0.4, -0.2) is 6.54 Å². The van der Waals surface area contributed by atoms with Crippen molar-refractivity contribution in [2.75, 3.05) is 6.54 Å². The van der Waals surface area contributed by atoms with Crippen molar-refractivity contribution in [1.82, 2.24) is 5.32 Å². The molecule has 2 heterocycles. The fraction of sp³-hybridized carbons (Fsp3) is 0.636. The van der Waals surface area contributed by atoms with E-state index in [1.54, 1.807) is 0 Å². The van der Waals surface area contributed by atoms with Gasteiger partial charge in [0.25, 0.3) is 0 Å². The molecule has 1 aromatic rings. The van der Waals surface area contributed by atoms with Crippen molar-refractivity contribution in [2.24, 2.45) is 0 Å². The van der Waals surface area contributed by atoms with E-state index < -0.39 is 0 Å². The molecule has 2 heteroatoms. The Kier molecular flexibility index (Phi) is 2.69. The quantitative estimate of drug-likeness (QED) is 0.717. The number of hydrogen-bond donors (Lipinski definition) is 1. The molecule has 0 amide bonds. The van der Waals surface area contributed by atoms with Crippen LogP contribution in [0.15, 0.2) is 16.5 Å². The molecule has 1 atom stereocenters. The number of aryl methyl sites for hydroxylation is 1. The second-order valence-electron chi connectivity index (χ2n) is 3.80. The van der Waals surface area contributed by atoms with Gasteiger partial charge < -0.3 is 9.73 Å². The molecule has 1 fully saturated rings. The third-order valence-electron chi connectivity index (χ3n) is 2.66. The van der Waals surface area contributed by atoms with Crippen molar-refractivity contribution in [3.05, 3.63) is 23.7 Å². The van der Waals surface area contributed by atoms with Crippen molar-refractivity contribution in [3.8, 4) is 0 Å². The van der Waals surface area contributed by atoms with Gasteiger partial charge in [0.15, 0.2) is 0 Å². The third kappa shape index (κ3) is 2.13. The summed E-state index contributed by atoms with van der Waals surface area (Å²) in [6.45, 7) is 3.13. The van der Waals surface area contributed by atoms with Gasteiger partial charge in [0.1, 0.15) is 11.5 Å². The van der Waals surface area contributed by atoms with Crippen LogP contribution in [0.4, 0.5) is 0 Å². The average molecular weight is 179 g/mol. The summed E-state index contributed by atoms with van der Waals surface area (Å²) < 4.78 is 5.62. The Morgan fingerprint density at radius 1 is 1.31 bits per heavy atom. The summed E-state index contributed by atoms with van der Waals surface area (Å²) in [4.78, 5) is 0. The van der Waals surface area contributed by atoms with Crippen LogP contribution in [-0.2, 0) is 0 Å². The Labute approximate surface area is 79.3 Å². The van der Waals surface area contributed by atoms with Crippen LogP contribution in [0.5, 0.6) is 0 Å². The highest BCUT2D eigenvalue weighted by Crippen LogP contribution is 2.23. The lowest BCUT2D eigenvalue weighted by Gasteiger charge is -2.12. The first-order valence-electron chi connectivity index (χ1n) is 5.16. The highest BCUT2D eigenvalue weighted by molar-refractivity contribution is 5.09. The molecule has 2 nitrogen and oxygen atoms in total. The number of rotatable bonds is 1. The maximum Gasteiger partial charge on any atom is 0.121 e. The van der Waals surface area contributed by atoms with E-state index in [0.717, 1.165) is 18.1 Å². The monoisotopic (exact) mass is 179 g/mol. The van der Waals surface area contributed by atoms with E-state index >= 15 is 0 Å². The smallest absolute Gasteiger partial charge is 0.121 e. The number of nitrogens with one attached hydrogen (secondary N) is 1. The normalized spacial score (nSPS) is 24.2. The maximum absolute atomic E-state index is 5.62. The van der Waals surface area contributed by atoms with Gasteiger partial charge >= 0.3 is 0 Å². The minimum atomic E-state index is 0.455. The topological polar surface area (TPSA) is 25.2 Å². The third-order valence-corrected chi connectivity index (χ3v) is 2.66. The summed E-state index contributed by atoms with van der Waals surface area (Å²) in [5.74, 6) is 2.13. The standard InChI is InChI=1S/C11H17NO/c1-9-6-7-11(13-9)10-5-3-2-4-8-12-10/h6-7,10,12H,2-5,8H2,1H3. The van der Waals surface area contributed by atoms with E-state index in [9.17, 15) is 0 Å². The summed E-state index contributed by atoms with van der Waals surface area (Å²) in [5, 5.41) is 3.52. The molecule has 0 spiro atoms. The minimum absolute atomic E-state index is 0.455. The van der Waals surface area contributed by atoms with Crippen molar-refractivity contribution in [1.29, 1.82) is 0 Å². The van der Waals surface area contributed by atoms with Crippen molar-refractivity contribution >= 4 is 0 Å². The lowest BCUT2D eigenvalue weighted by atomic mass is 10.1. The number of hydrogen-bond acceptors (Lipinski definition) is 2. The minimum Gasteiger partial charge on any atom is -0.465 e. The molecule has 1 saturated heterocycles. The maximum atomic E-state index is 5.62. The van der Waals surface area contributed by atoms with Gasteiger partial charge in [-0.05, 0) is 38.4 Å².